The van der Waals surface area contributed by atoms with E-state index < -0.39 is 6.09 Å². The number of aryl methyl sites for hydroxylation is 1. The highest BCUT2D eigenvalue weighted by Crippen LogP contribution is 2.17. The summed E-state index contributed by atoms with van der Waals surface area (Å²) in [6.45, 7) is 3.95. The van der Waals surface area contributed by atoms with Crippen LogP contribution in [0.1, 0.15) is 19.7 Å². The van der Waals surface area contributed by atoms with Crippen molar-refractivity contribution in [2.45, 2.75) is 20.3 Å². The van der Waals surface area contributed by atoms with Gasteiger partial charge in [-0.05, 0) is 19.1 Å². The molecule has 0 aliphatic rings. The minimum Gasteiger partial charge on any atom is -0.461 e. The van der Waals surface area contributed by atoms with Crippen molar-refractivity contribution in [2.24, 2.45) is 0 Å². The Morgan fingerprint density at radius 1 is 1.50 bits per heavy atom. The minimum absolute atomic E-state index is 0.297. The van der Waals surface area contributed by atoms with Gasteiger partial charge in [-0.15, -0.1) is 10.2 Å². The van der Waals surface area contributed by atoms with Crippen molar-refractivity contribution >= 4 is 6.09 Å². The van der Waals surface area contributed by atoms with Crippen molar-refractivity contribution in [1.29, 1.82) is 0 Å². The molecule has 0 aliphatic heterocycles. The van der Waals surface area contributed by atoms with Crippen LogP contribution in [0.15, 0.2) is 22.8 Å². The predicted octanol–water partition coefficient (Wildman–Crippen LogP) is 1.80. The molecule has 0 fully saturated rings. The SMILES string of the molecule is CCOC(=O)Nn1c(CC)nnc1-c1ccco1. The van der Waals surface area contributed by atoms with Crippen LogP contribution in [-0.2, 0) is 11.2 Å². The first kappa shape index (κ1) is 12.2. The van der Waals surface area contributed by atoms with Gasteiger partial charge in [-0.2, -0.15) is 0 Å². The average molecular weight is 250 g/mol. The largest absolute Gasteiger partial charge is 0.461 e. The van der Waals surface area contributed by atoms with E-state index in [1.807, 2.05) is 6.92 Å². The number of hydrogen-bond donors (Lipinski definition) is 1. The number of rotatable bonds is 4. The van der Waals surface area contributed by atoms with Crippen molar-refractivity contribution in [3.05, 3.63) is 24.2 Å². The topological polar surface area (TPSA) is 82.2 Å². The lowest BCUT2D eigenvalue weighted by molar-refractivity contribution is 0.164. The van der Waals surface area contributed by atoms with E-state index >= 15 is 0 Å². The second-order valence-corrected chi connectivity index (χ2v) is 3.44. The Morgan fingerprint density at radius 2 is 2.33 bits per heavy atom. The minimum atomic E-state index is -0.556. The van der Waals surface area contributed by atoms with Gasteiger partial charge in [0.25, 0.3) is 0 Å². The molecule has 0 atom stereocenters. The summed E-state index contributed by atoms with van der Waals surface area (Å²) in [5.41, 5.74) is 2.57. The molecule has 0 saturated heterocycles. The van der Waals surface area contributed by atoms with E-state index in [2.05, 4.69) is 15.6 Å². The molecule has 0 spiro atoms. The number of ether oxygens (including phenoxy) is 1. The predicted molar refractivity (Wildman–Crippen MR) is 63.5 cm³/mol. The summed E-state index contributed by atoms with van der Waals surface area (Å²) in [4.78, 5) is 11.5. The summed E-state index contributed by atoms with van der Waals surface area (Å²) in [7, 11) is 0. The molecule has 2 aromatic rings. The first-order valence-electron chi connectivity index (χ1n) is 5.68. The Hall–Kier alpha value is -2.31. The fourth-order valence-electron chi connectivity index (χ4n) is 1.48. The van der Waals surface area contributed by atoms with Crippen LogP contribution in [0, 0.1) is 0 Å². The van der Waals surface area contributed by atoms with Crippen molar-refractivity contribution in [2.75, 3.05) is 12.0 Å². The van der Waals surface area contributed by atoms with E-state index in [1.165, 1.54) is 10.9 Å². The van der Waals surface area contributed by atoms with Crippen molar-refractivity contribution < 1.29 is 13.9 Å². The Morgan fingerprint density at radius 3 is 2.94 bits per heavy atom. The highest BCUT2D eigenvalue weighted by atomic mass is 16.6. The third kappa shape index (κ3) is 2.34. The van der Waals surface area contributed by atoms with Crippen LogP contribution in [-0.4, -0.2) is 27.6 Å². The maximum Gasteiger partial charge on any atom is 0.426 e. The molecule has 0 bridgehead atoms. The van der Waals surface area contributed by atoms with E-state index in [0.29, 0.717) is 30.4 Å². The van der Waals surface area contributed by atoms with E-state index in [1.54, 1.807) is 19.1 Å². The summed E-state index contributed by atoms with van der Waals surface area (Å²) in [5.74, 6) is 1.58. The highest BCUT2D eigenvalue weighted by Gasteiger charge is 2.17. The molecule has 18 heavy (non-hydrogen) atoms. The molecule has 0 aromatic carbocycles. The average Bonchev–Trinajstić information content (AvgIpc) is 2.97. The molecule has 2 heterocycles. The van der Waals surface area contributed by atoms with Crippen LogP contribution < -0.4 is 5.43 Å². The van der Waals surface area contributed by atoms with Crippen LogP contribution in [0.3, 0.4) is 0 Å². The van der Waals surface area contributed by atoms with Crippen molar-refractivity contribution in [1.82, 2.24) is 14.9 Å². The third-order valence-corrected chi connectivity index (χ3v) is 2.27. The lowest BCUT2D eigenvalue weighted by atomic mass is 10.4. The van der Waals surface area contributed by atoms with Gasteiger partial charge in [-0.1, -0.05) is 6.92 Å². The fraction of sp³-hybridized carbons (Fsp3) is 0.364. The van der Waals surface area contributed by atoms with Crippen LogP contribution in [0.25, 0.3) is 11.6 Å². The van der Waals surface area contributed by atoms with Gasteiger partial charge >= 0.3 is 6.09 Å². The van der Waals surface area contributed by atoms with E-state index in [4.69, 9.17) is 9.15 Å². The highest BCUT2D eigenvalue weighted by molar-refractivity contribution is 5.76. The Balaban J connectivity index is 2.31. The van der Waals surface area contributed by atoms with Gasteiger partial charge < -0.3 is 9.15 Å². The maximum atomic E-state index is 11.5. The van der Waals surface area contributed by atoms with Gasteiger partial charge in [0.15, 0.2) is 11.6 Å². The van der Waals surface area contributed by atoms with Gasteiger partial charge in [0.2, 0.25) is 5.82 Å². The quantitative estimate of drug-likeness (QED) is 0.894. The standard InChI is InChI=1S/C11H14N4O3/c1-3-9-12-13-10(8-6-5-7-18-8)15(9)14-11(16)17-4-2/h5-7H,3-4H2,1-2H3,(H,14,16). The van der Waals surface area contributed by atoms with Gasteiger partial charge in [-0.25, -0.2) is 14.9 Å². The zero-order valence-electron chi connectivity index (χ0n) is 10.2. The summed E-state index contributed by atoms with van der Waals surface area (Å²) in [6, 6.07) is 3.48. The molecule has 2 aromatic heterocycles. The lowest BCUT2D eigenvalue weighted by Gasteiger charge is -2.09. The number of carbonyl (C=O) groups excluding carboxylic acids is 1. The summed E-state index contributed by atoms with van der Waals surface area (Å²) in [6.07, 6.45) is 1.60. The third-order valence-electron chi connectivity index (χ3n) is 2.27. The lowest BCUT2D eigenvalue weighted by Crippen LogP contribution is -2.26. The Kier molecular flexibility index (Phi) is 3.61. The first-order chi connectivity index (χ1) is 8.76. The molecule has 1 N–H and O–H groups in total. The van der Waals surface area contributed by atoms with E-state index in [-0.39, 0.29) is 0 Å². The van der Waals surface area contributed by atoms with Crippen molar-refractivity contribution in [3.8, 4) is 11.6 Å². The Labute approximate surface area is 104 Å². The van der Waals surface area contributed by atoms with Crippen molar-refractivity contribution in [3.63, 3.8) is 0 Å². The molecule has 1 amide bonds. The molecule has 0 unspecified atom stereocenters. The molecule has 0 aliphatic carbocycles. The molecule has 7 nitrogen and oxygen atoms in total. The summed E-state index contributed by atoms with van der Waals surface area (Å²) < 4.78 is 11.5. The summed E-state index contributed by atoms with van der Waals surface area (Å²) in [5, 5.41) is 7.98. The smallest absolute Gasteiger partial charge is 0.426 e. The monoisotopic (exact) mass is 250 g/mol. The van der Waals surface area contributed by atoms with Gasteiger partial charge in [0, 0.05) is 6.42 Å². The zero-order valence-corrected chi connectivity index (χ0v) is 10.2. The second-order valence-electron chi connectivity index (χ2n) is 3.44. The number of amides is 1. The number of nitrogens with one attached hydrogen (secondary N) is 1. The maximum absolute atomic E-state index is 11.5. The molecule has 0 radical (unpaired) electrons. The van der Waals surface area contributed by atoms with Crippen LogP contribution in [0.2, 0.25) is 0 Å². The number of carbonyl (C=O) groups is 1. The number of furan rings is 1. The number of hydrogen-bond acceptors (Lipinski definition) is 5. The fourth-order valence-corrected chi connectivity index (χ4v) is 1.48. The van der Waals surface area contributed by atoms with Gasteiger partial charge in [-0.3, -0.25) is 0 Å². The van der Waals surface area contributed by atoms with E-state index in [9.17, 15) is 4.79 Å². The molecule has 96 valence electrons. The number of aromatic nitrogens is 3. The number of nitrogens with zero attached hydrogens (tertiary/aromatic N) is 3. The van der Waals surface area contributed by atoms with Gasteiger partial charge in [0.05, 0.1) is 12.9 Å². The van der Waals surface area contributed by atoms with Crippen LogP contribution in [0.4, 0.5) is 4.79 Å². The second kappa shape index (κ2) is 5.35. The zero-order chi connectivity index (χ0) is 13.0. The Bertz CT molecular complexity index is 518. The molecule has 0 saturated carbocycles. The first-order valence-corrected chi connectivity index (χ1v) is 5.68. The van der Waals surface area contributed by atoms with Gasteiger partial charge in [0.1, 0.15) is 0 Å². The molecular weight excluding hydrogens is 236 g/mol. The van der Waals surface area contributed by atoms with E-state index in [0.717, 1.165) is 0 Å². The summed E-state index contributed by atoms with van der Waals surface area (Å²) >= 11 is 0. The van der Waals surface area contributed by atoms with Crippen LogP contribution >= 0.6 is 0 Å². The molecule has 7 heteroatoms. The normalized spacial score (nSPS) is 10.3. The van der Waals surface area contributed by atoms with Crippen LogP contribution in [0.5, 0.6) is 0 Å². The molecular formula is C11H14N4O3. The molecule has 2 rings (SSSR count).